The van der Waals surface area contributed by atoms with Crippen LogP contribution in [0.4, 0.5) is 0 Å². The van der Waals surface area contributed by atoms with E-state index in [2.05, 4.69) is 19.2 Å². The summed E-state index contributed by atoms with van der Waals surface area (Å²) in [5, 5.41) is 3.32. The molecule has 1 atom stereocenters. The number of rotatable bonds is 6. The standard InChI is InChI=1S/C13H26N2O2/c1-5-17-9-8-15(4)12(16)13(11(2)3)6-7-14-10-13/h11,14H,5-10H2,1-4H3. The van der Waals surface area contributed by atoms with Gasteiger partial charge in [0, 0.05) is 26.7 Å². The van der Waals surface area contributed by atoms with Gasteiger partial charge in [-0.1, -0.05) is 13.8 Å². The molecule has 1 aliphatic heterocycles. The van der Waals surface area contributed by atoms with Crippen molar-refractivity contribution in [2.24, 2.45) is 11.3 Å². The largest absolute Gasteiger partial charge is 0.380 e. The van der Waals surface area contributed by atoms with Gasteiger partial charge < -0.3 is 15.0 Å². The van der Waals surface area contributed by atoms with E-state index >= 15 is 0 Å². The first-order valence-corrected chi connectivity index (χ1v) is 6.58. The van der Waals surface area contributed by atoms with Gasteiger partial charge in [0.05, 0.1) is 12.0 Å². The van der Waals surface area contributed by atoms with Crippen LogP contribution in [0.1, 0.15) is 27.2 Å². The minimum Gasteiger partial charge on any atom is -0.380 e. The highest BCUT2D eigenvalue weighted by Gasteiger charge is 2.45. The number of ether oxygens (including phenoxy) is 1. The molecular weight excluding hydrogens is 216 g/mol. The van der Waals surface area contributed by atoms with E-state index in [9.17, 15) is 4.79 Å². The van der Waals surface area contributed by atoms with Crippen LogP contribution in [0.3, 0.4) is 0 Å². The van der Waals surface area contributed by atoms with Crippen molar-refractivity contribution < 1.29 is 9.53 Å². The fraction of sp³-hybridized carbons (Fsp3) is 0.923. The number of likely N-dealkylation sites (N-methyl/N-ethyl adjacent to an activating group) is 1. The number of nitrogens with zero attached hydrogens (tertiary/aromatic N) is 1. The molecule has 1 rings (SSSR count). The highest BCUT2D eigenvalue weighted by atomic mass is 16.5. The molecule has 4 heteroatoms. The molecule has 0 radical (unpaired) electrons. The Morgan fingerprint density at radius 2 is 2.24 bits per heavy atom. The van der Waals surface area contributed by atoms with Gasteiger partial charge in [0.2, 0.25) is 5.91 Å². The van der Waals surface area contributed by atoms with Crippen LogP contribution in [-0.4, -0.2) is 50.7 Å². The highest BCUT2D eigenvalue weighted by Crippen LogP contribution is 2.35. The second kappa shape index (κ2) is 6.36. The van der Waals surface area contributed by atoms with Crippen molar-refractivity contribution in [2.45, 2.75) is 27.2 Å². The van der Waals surface area contributed by atoms with E-state index in [4.69, 9.17) is 4.74 Å². The van der Waals surface area contributed by atoms with E-state index < -0.39 is 0 Å². The monoisotopic (exact) mass is 242 g/mol. The van der Waals surface area contributed by atoms with E-state index in [1.54, 1.807) is 0 Å². The maximum atomic E-state index is 12.5. The van der Waals surface area contributed by atoms with Crippen LogP contribution in [0.25, 0.3) is 0 Å². The number of hydrogen-bond acceptors (Lipinski definition) is 3. The molecule has 0 aromatic heterocycles. The summed E-state index contributed by atoms with van der Waals surface area (Å²) in [4.78, 5) is 14.4. The first-order valence-electron chi connectivity index (χ1n) is 6.58. The van der Waals surface area contributed by atoms with Crippen molar-refractivity contribution >= 4 is 5.91 Å². The van der Waals surface area contributed by atoms with Crippen LogP contribution in [0.15, 0.2) is 0 Å². The SMILES string of the molecule is CCOCCN(C)C(=O)C1(C(C)C)CCNC1. The van der Waals surface area contributed by atoms with Gasteiger partial charge in [-0.2, -0.15) is 0 Å². The number of carbonyl (C=O) groups is 1. The molecule has 0 spiro atoms. The van der Waals surface area contributed by atoms with Gasteiger partial charge in [0.1, 0.15) is 0 Å². The number of amides is 1. The molecule has 17 heavy (non-hydrogen) atoms. The molecule has 1 N–H and O–H groups in total. The first-order chi connectivity index (χ1) is 8.04. The van der Waals surface area contributed by atoms with Gasteiger partial charge in [-0.05, 0) is 25.8 Å². The molecule has 1 amide bonds. The molecule has 100 valence electrons. The highest BCUT2D eigenvalue weighted by molar-refractivity contribution is 5.83. The number of hydrogen-bond donors (Lipinski definition) is 1. The zero-order valence-electron chi connectivity index (χ0n) is 11.6. The summed E-state index contributed by atoms with van der Waals surface area (Å²) in [5.74, 6) is 0.636. The Labute approximate surface area is 105 Å². The van der Waals surface area contributed by atoms with Crippen LogP contribution in [-0.2, 0) is 9.53 Å². The molecule has 0 bridgehead atoms. The van der Waals surface area contributed by atoms with E-state index in [1.165, 1.54) is 0 Å². The third-order valence-corrected chi connectivity index (χ3v) is 3.84. The summed E-state index contributed by atoms with van der Waals surface area (Å²) in [5.41, 5.74) is -0.207. The van der Waals surface area contributed by atoms with Gasteiger partial charge in [0.25, 0.3) is 0 Å². The zero-order chi connectivity index (χ0) is 12.9. The Balaban J connectivity index is 2.59. The minimum atomic E-state index is -0.207. The van der Waals surface area contributed by atoms with Gasteiger partial charge in [-0.3, -0.25) is 4.79 Å². The Bertz CT molecular complexity index is 248. The van der Waals surface area contributed by atoms with Crippen LogP contribution in [0.2, 0.25) is 0 Å². The summed E-state index contributed by atoms with van der Waals surface area (Å²) >= 11 is 0. The molecule has 4 nitrogen and oxygen atoms in total. The van der Waals surface area contributed by atoms with E-state index in [1.807, 2.05) is 18.9 Å². The molecule has 0 aromatic carbocycles. The number of carbonyl (C=O) groups excluding carboxylic acids is 1. The van der Waals surface area contributed by atoms with Crippen LogP contribution in [0, 0.1) is 11.3 Å². The van der Waals surface area contributed by atoms with Crippen molar-refractivity contribution in [1.82, 2.24) is 10.2 Å². The number of nitrogens with one attached hydrogen (secondary N) is 1. The quantitative estimate of drug-likeness (QED) is 0.710. The van der Waals surface area contributed by atoms with Gasteiger partial charge in [-0.25, -0.2) is 0 Å². The fourth-order valence-electron chi connectivity index (χ4n) is 2.46. The Morgan fingerprint density at radius 3 is 2.71 bits per heavy atom. The molecule has 0 saturated carbocycles. The minimum absolute atomic E-state index is 0.207. The summed E-state index contributed by atoms with van der Waals surface area (Å²) in [6.45, 7) is 10.0. The summed E-state index contributed by atoms with van der Waals surface area (Å²) in [7, 11) is 1.88. The third-order valence-electron chi connectivity index (χ3n) is 3.84. The molecular formula is C13H26N2O2. The van der Waals surface area contributed by atoms with E-state index in [0.717, 1.165) is 19.5 Å². The normalized spacial score (nSPS) is 24.3. The molecule has 1 saturated heterocycles. The average molecular weight is 242 g/mol. The van der Waals surface area contributed by atoms with Gasteiger partial charge in [0.15, 0.2) is 0 Å². The van der Waals surface area contributed by atoms with Gasteiger partial charge in [-0.15, -0.1) is 0 Å². The van der Waals surface area contributed by atoms with Crippen molar-refractivity contribution in [3.63, 3.8) is 0 Å². The lowest BCUT2D eigenvalue weighted by molar-refractivity contribution is -0.143. The topological polar surface area (TPSA) is 41.6 Å². The van der Waals surface area contributed by atoms with E-state index in [-0.39, 0.29) is 11.3 Å². The van der Waals surface area contributed by atoms with Crippen LogP contribution in [0.5, 0.6) is 0 Å². The predicted octanol–water partition coefficient (Wildman–Crippen LogP) is 1.12. The fourth-order valence-corrected chi connectivity index (χ4v) is 2.46. The summed E-state index contributed by atoms with van der Waals surface area (Å²) in [6.07, 6.45) is 0.947. The van der Waals surface area contributed by atoms with E-state index in [0.29, 0.717) is 25.7 Å². The van der Waals surface area contributed by atoms with Crippen LogP contribution < -0.4 is 5.32 Å². The molecule has 1 aliphatic rings. The second-order valence-corrected chi connectivity index (χ2v) is 5.16. The first kappa shape index (κ1) is 14.5. The maximum absolute atomic E-state index is 12.5. The van der Waals surface area contributed by atoms with Crippen molar-refractivity contribution in [3.05, 3.63) is 0 Å². The molecule has 1 unspecified atom stereocenters. The van der Waals surface area contributed by atoms with Crippen molar-refractivity contribution in [1.29, 1.82) is 0 Å². The Morgan fingerprint density at radius 1 is 1.53 bits per heavy atom. The third kappa shape index (κ3) is 3.19. The summed E-state index contributed by atoms with van der Waals surface area (Å²) < 4.78 is 5.30. The lowest BCUT2D eigenvalue weighted by atomic mass is 9.75. The smallest absolute Gasteiger partial charge is 0.230 e. The Kier molecular flexibility index (Phi) is 5.40. The molecule has 1 fully saturated rings. The molecule has 1 heterocycles. The van der Waals surface area contributed by atoms with Gasteiger partial charge >= 0.3 is 0 Å². The maximum Gasteiger partial charge on any atom is 0.230 e. The molecule has 0 aromatic rings. The molecule has 0 aliphatic carbocycles. The predicted molar refractivity (Wildman–Crippen MR) is 68.9 cm³/mol. The second-order valence-electron chi connectivity index (χ2n) is 5.16. The Hall–Kier alpha value is -0.610. The van der Waals surface area contributed by atoms with Crippen molar-refractivity contribution in [3.8, 4) is 0 Å². The summed E-state index contributed by atoms with van der Waals surface area (Å²) in [6, 6.07) is 0. The average Bonchev–Trinajstić information content (AvgIpc) is 2.78. The lowest BCUT2D eigenvalue weighted by Crippen LogP contribution is -2.47. The van der Waals surface area contributed by atoms with Crippen molar-refractivity contribution in [2.75, 3.05) is 39.9 Å². The zero-order valence-corrected chi connectivity index (χ0v) is 11.6. The lowest BCUT2D eigenvalue weighted by Gasteiger charge is -2.35. The van der Waals surface area contributed by atoms with Crippen LogP contribution >= 0.6 is 0 Å².